The van der Waals surface area contributed by atoms with Crippen LogP contribution >= 0.6 is 0 Å². The highest BCUT2D eigenvalue weighted by Gasteiger charge is 2.13. The normalized spacial score (nSPS) is 11.5. The number of phenolic OH excluding ortho intramolecular Hbond substituents is 1. The lowest BCUT2D eigenvalue weighted by atomic mass is 10.2. The first kappa shape index (κ1) is 17.0. The molecule has 0 aliphatic heterocycles. The second kappa shape index (κ2) is 6.25. The maximum atomic E-state index is 14.6. The van der Waals surface area contributed by atoms with Crippen molar-refractivity contribution < 1.29 is 18.1 Å². The van der Waals surface area contributed by atoms with Gasteiger partial charge in [-0.2, -0.15) is 4.36 Å². The smallest absolute Gasteiger partial charge is 0.144 e. The molecular formula is C16H14F2N4O2S. The summed E-state index contributed by atoms with van der Waals surface area (Å²) in [6.07, 6.45) is 4.10. The lowest BCUT2D eigenvalue weighted by Gasteiger charge is -2.11. The average molecular weight is 364 g/mol. The molecule has 6 nitrogen and oxygen atoms in total. The van der Waals surface area contributed by atoms with Crippen LogP contribution < -0.4 is 5.32 Å². The standard InChI is InChI=1S/C16H14F2N4O2S/c1-25(2,24)22-10-6-11(18)15-13(7-10)19-8-20-16(15)21-12-4-3-9(17)5-14(12)23/h3-8,23H,1-2H3,(H,19,20,21). The predicted molar refractivity (Wildman–Crippen MR) is 92.9 cm³/mol. The minimum absolute atomic E-state index is 0.0730. The summed E-state index contributed by atoms with van der Waals surface area (Å²) in [4.78, 5) is 7.98. The number of rotatable bonds is 3. The Morgan fingerprint density at radius 2 is 1.92 bits per heavy atom. The molecule has 0 spiro atoms. The van der Waals surface area contributed by atoms with Gasteiger partial charge in [0.2, 0.25) is 0 Å². The van der Waals surface area contributed by atoms with Crippen molar-refractivity contribution in [2.24, 2.45) is 4.36 Å². The van der Waals surface area contributed by atoms with Crippen LogP contribution in [0.25, 0.3) is 10.9 Å². The largest absolute Gasteiger partial charge is 0.506 e. The SMILES string of the molecule is CS(C)(=O)=Nc1cc(F)c2c(Nc3ccc(F)cc3O)ncnc2c1. The van der Waals surface area contributed by atoms with E-state index in [9.17, 15) is 18.1 Å². The first-order valence-corrected chi connectivity index (χ1v) is 9.43. The van der Waals surface area contributed by atoms with Crippen molar-refractivity contribution in [2.75, 3.05) is 17.8 Å². The van der Waals surface area contributed by atoms with Crippen molar-refractivity contribution >= 4 is 37.8 Å². The van der Waals surface area contributed by atoms with Crippen molar-refractivity contribution in [1.29, 1.82) is 0 Å². The van der Waals surface area contributed by atoms with E-state index in [0.717, 1.165) is 18.2 Å². The molecule has 0 aliphatic rings. The summed E-state index contributed by atoms with van der Waals surface area (Å²) < 4.78 is 43.4. The lowest BCUT2D eigenvalue weighted by molar-refractivity contribution is 0.471. The van der Waals surface area contributed by atoms with Crippen LogP contribution in [0, 0.1) is 11.6 Å². The van der Waals surface area contributed by atoms with Crippen LogP contribution in [0.3, 0.4) is 0 Å². The van der Waals surface area contributed by atoms with Crippen LogP contribution in [0.1, 0.15) is 0 Å². The highest BCUT2D eigenvalue weighted by molar-refractivity contribution is 7.92. The van der Waals surface area contributed by atoms with Crippen molar-refractivity contribution in [3.05, 3.63) is 48.3 Å². The number of nitrogens with zero attached hydrogens (tertiary/aromatic N) is 3. The zero-order valence-corrected chi connectivity index (χ0v) is 14.1. The van der Waals surface area contributed by atoms with E-state index < -0.39 is 21.4 Å². The van der Waals surface area contributed by atoms with Crippen LogP contribution in [-0.2, 0) is 9.73 Å². The predicted octanol–water partition coefficient (Wildman–Crippen LogP) is 3.72. The number of fused-ring (bicyclic) bond motifs is 1. The summed E-state index contributed by atoms with van der Waals surface area (Å²) >= 11 is 0. The molecule has 0 unspecified atom stereocenters. The third kappa shape index (κ3) is 3.82. The minimum Gasteiger partial charge on any atom is -0.506 e. The summed E-state index contributed by atoms with van der Waals surface area (Å²) in [5.41, 5.74) is 0.621. The number of hydrogen-bond acceptors (Lipinski definition) is 6. The Morgan fingerprint density at radius 3 is 2.60 bits per heavy atom. The van der Waals surface area contributed by atoms with Gasteiger partial charge < -0.3 is 10.4 Å². The van der Waals surface area contributed by atoms with Crippen LogP contribution in [-0.4, -0.2) is 31.8 Å². The molecule has 0 saturated carbocycles. The molecule has 1 heterocycles. The summed E-state index contributed by atoms with van der Waals surface area (Å²) in [6, 6.07) is 6.01. The molecule has 0 fully saturated rings. The van der Waals surface area contributed by atoms with Gasteiger partial charge in [0.1, 0.15) is 29.5 Å². The van der Waals surface area contributed by atoms with Crippen LogP contribution in [0.15, 0.2) is 41.0 Å². The Morgan fingerprint density at radius 1 is 1.16 bits per heavy atom. The molecule has 0 saturated heterocycles. The van der Waals surface area contributed by atoms with Gasteiger partial charge in [0.05, 0.1) is 22.3 Å². The zero-order chi connectivity index (χ0) is 18.2. The zero-order valence-electron chi connectivity index (χ0n) is 13.3. The highest BCUT2D eigenvalue weighted by Crippen LogP contribution is 2.32. The molecule has 130 valence electrons. The molecule has 0 radical (unpaired) electrons. The van der Waals surface area contributed by atoms with E-state index in [2.05, 4.69) is 19.6 Å². The summed E-state index contributed by atoms with van der Waals surface area (Å²) in [5.74, 6) is -1.50. The minimum atomic E-state index is -2.45. The molecular weight excluding hydrogens is 350 g/mol. The van der Waals surface area contributed by atoms with E-state index in [1.165, 1.54) is 31.0 Å². The Hall–Kier alpha value is -2.81. The molecule has 0 bridgehead atoms. The fraction of sp³-hybridized carbons (Fsp3) is 0.125. The van der Waals surface area contributed by atoms with Crippen molar-refractivity contribution in [3.8, 4) is 5.75 Å². The fourth-order valence-corrected chi connectivity index (χ4v) is 2.88. The molecule has 3 rings (SSSR count). The maximum absolute atomic E-state index is 14.6. The third-order valence-corrected chi connectivity index (χ3v) is 3.86. The third-order valence-electron chi connectivity index (χ3n) is 3.21. The number of phenols is 1. The molecule has 0 atom stereocenters. The number of aromatic hydroxyl groups is 1. The van der Waals surface area contributed by atoms with Crippen LogP contribution in [0.5, 0.6) is 5.75 Å². The quantitative estimate of drug-likeness (QED) is 0.692. The first-order chi connectivity index (χ1) is 11.7. The number of hydrogen-bond donors (Lipinski definition) is 2. The van der Waals surface area contributed by atoms with Gasteiger partial charge in [-0.1, -0.05) is 0 Å². The Bertz CT molecular complexity index is 1090. The topological polar surface area (TPSA) is 87.5 Å². The van der Waals surface area contributed by atoms with E-state index >= 15 is 0 Å². The molecule has 0 amide bonds. The summed E-state index contributed by atoms with van der Waals surface area (Å²) in [5, 5.41) is 12.6. The Labute approximate surface area is 142 Å². The first-order valence-electron chi connectivity index (χ1n) is 7.10. The van der Waals surface area contributed by atoms with E-state index in [0.29, 0.717) is 0 Å². The van der Waals surface area contributed by atoms with E-state index in [-0.39, 0.29) is 33.8 Å². The average Bonchev–Trinajstić information content (AvgIpc) is 2.48. The van der Waals surface area contributed by atoms with E-state index in [1.54, 1.807) is 0 Å². The number of halogens is 2. The molecule has 25 heavy (non-hydrogen) atoms. The second-order valence-corrected chi connectivity index (χ2v) is 8.15. The molecule has 1 aromatic heterocycles. The van der Waals surface area contributed by atoms with Gasteiger partial charge in [-0.05, 0) is 18.2 Å². The summed E-state index contributed by atoms with van der Waals surface area (Å²) in [6.45, 7) is 0. The number of nitrogens with one attached hydrogen (secondary N) is 1. The van der Waals surface area contributed by atoms with Gasteiger partial charge in [0, 0.05) is 34.4 Å². The van der Waals surface area contributed by atoms with E-state index in [4.69, 9.17) is 0 Å². The molecule has 2 aromatic carbocycles. The van der Waals surface area contributed by atoms with Gasteiger partial charge in [-0.25, -0.2) is 23.0 Å². The lowest BCUT2D eigenvalue weighted by Crippen LogP contribution is -1.98. The van der Waals surface area contributed by atoms with Crippen molar-refractivity contribution in [1.82, 2.24) is 9.97 Å². The summed E-state index contributed by atoms with van der Waals surface area (Å²) in [7, 11) is -2.45. The van der Waals surface area contributed by atoms with Gasteiger partial charge in [0.15, 0.2) is 0 Å². The molecule has 0 aliphatic carbocycles. The van der Waals surface area contributed by atoms with Gasteiger partial charge in [0.25, 0.3) is 0 Å². The Kier molecular flexibility index (Phi) is 4.25. The second-order valence-electron chi connectivity index (χ2n) is 5.60. The van der Waals surface area contributed by atoms with Crippen molar-refractivity contribution in [3.63, 3.8) is 0 Å². The van der Waals surface area contributed by atoms with E-state index in [1.807, 2.05) is 0 Å². The number of benzene rings is 2. The Balaban J connectivity index is 2.12. The number of anilines is 2. The van der Waals surface area contributed by atoms with Gasteiger partial charge in [-0.3, -0.25) is 0 Å². The van der Waals surface area contributed by atoms with Crippen LogP contribution in [0.4, 0.5) is 26.0 Å². The van der Waals surface area contributed by atoms with Gasteiger partial charge >= 0.3 is 0 Å². The fourth-order valence-electron chi connectivity index (χ4n) is 2.27. The van der Waals surface area contributed by atoms with Crippen LogP contribution in [0.2, 0.25) is 0 Å². The maximum Gasteiger partial charge on any atom is 0.144 e. The molecule has 2 N–H and O–H groups in total. The molecule has 3 aromatic rings. The highest BCUT2D eigenvalue weighted by atomic mass is 32.2. The monoisotopic (exact) mass is 364 g/mol. The van der Waals surface area contributed by atoms with Crippen molar-refractivity contribution in [2.45, 2.75) is 0 Å². The number of aromatic nitrogens is 2. The molecule has 9 heteroatoms. The van der Waals surface area contributed by atoms with Gasteiger partial charge in [-0.15, -0.1) is 0 Å².